The molecule has 0 aromatic heterocycles. The monoisotopic (exact) mass is 677 g/mol. The van der Waals surface area contributed by atoms with Crippen molar-refractivity contribution in [2.24, 2.45) is 5.73 Å². The van der Waals surface area contributed by atoms with E-state index in [1.165, 1.54) is 0 Å². The van der Waals surface area contributed by atoms with Crippen molar-refractivity contribution < 1.29 is 67.1 Å². The molecule has 0 fully saturated rings. The van der Waals surface area contributed by atoms with Crippen molar-refractivity contribution in [3.05, 3.63) is 0 Å². The number of nitrogens with two attached hydrogens (primary N) is 1. The molecule has 46 heavy (non-hydrogen) atoms. The number of hydrogen-bond acceptors (Lipinski definition) is 15. The predicted molar refractivity (Wildman–Crippen MR) is 173 cm³/mol. The summed E-state index contributed by atoms with van der Waals surface area (Å²) in [7, 11) is 0. The second-order valence-electron chi connectivity index (χ2n) is 10.0. The summed E-state index contributed by atoms with van der Waals surface area (Å²) in [5, 5.41) is 17.0. The first kappa shape index (κ1) is 49.3. The fourth-order valence-corrected chi connectivity index (χ4v) is 2.89. The van der Waals surface area contributed by atoms with E-state index in [4.69, 9.17) is 68.1 Å². The summed E-state index contributed by atoms with van der Waals surface area (Å²) in [5.74, 6) is -0.198. The lowest BCUT2D eigenvalue weighted by molar-refractivity contribution is -0.155. The third kappa shape index (κ3) is 49.8. The summed E-state index contributed by atoms with van der Waals surface area (Å²) < 4.78 is 57.6. The first-order valence-corrected chi connectivity index (χ1v) is 15.8. The number of aliphatic hydroxyl groups is 2. The molecule has 0 aromatic carbocycles. The van der Waals surface area contributed by atoms with Gasteiger partial charge < -0.3 is 68.1 Å². The van der Waals surface area contributed by atoms with Gasteiger partial charge in [0, 0.05) is 19.6 Å². The Hall–Kier alpha value is -1.05. The standard InChI is InChI=1S/C18H36O8.C12H27NO6.CH4/c1-18(2,3)26-17(20)5-4-7-21-9-11-23-13-15-25-16-14-24-12-10-22-8-6-19;13-1-3-15-5-7-17-9-11-19-12-10-18-8-6-16-4-2-14;/h19H,4-16H2,1-3H3;14H,1-13H2;1H4. The van der Waals surface area contributed by atoms with E-state index in [9.17, 15) is 4.79 Å². The second-order valence-corrected chi connectivity index (χ2v) is 10.0. The van der Waals surface area contributed by atoms with E-state index in [1.807, 2.05) is 20.8 Å². The largest absolute Gasteiger partial charge is 0.460 e. The summed E-state index contributed by atoms with van der Waals surface area (Å²) in [5.41, 5.74) is 4.83. The SMILES string of the molecule is C.CC(C)(C)OC(=O)CCCOCCOCCOCCOCCOCCO.NCCOCCOCCOCCOCCOCCO. The zero-order chi connectivity index (χ0) is 33.5. The highest BCUT2D eigenvalue weighted by atomic mass is 16.6. The Morgan fingerprint density at radius 3 is 1.00 bits per heavy atom. The molecule has 0 heterocycles. The quantitative estimate of drug-likeness (QED) is 0.0642. The van der Waals surface area contributed by atoms with Gasteiger partial charge in [-0.25, -0.2) is 0 Å². The van der Waals surface area contributed by atoms with Crippen molar-refractivity contribution in [2.75, 3.05) is 152 Å². The number of ether oxygens (including phenoxy) is 11. The fraction of sp³-hybridized carbons (Fsp3) is 0.968. The summed E-state index contributed by atoms with van der Waals surface area (Å²) in [6, 6.07) is 0. The van der Waals surface area contributed by atoms with Crippen molar-refractivity contribution in [3.8, 4) is 0 Å². The van der Waals surface area contributed by atoms with Crippen LogP contribution in [0.15, 0.2) is 0 Å². The lowest BCUT2D eigenvalue weighted by Gasteiger charge is -2.19. The van der Waals surface area contributed by atoms with Gasteiger partial charge in [-0.05, 0) is 27.2 Å². The molecule has 0 aliphatic carbocycles. The van der Waals surface area contributed by atoms with Crippen LogP contribution in [0.2, 0.25) is 0 Å². The van der Waals surface area contributed by atoms with Crippen LogP contribution < -0.4 is 5.73 Å². The molecule has 0 radical (unpaired) electrons. The molecule has 0 amide bonds. The van der Waals surface area contributed by atoms with Gasteiger partial charge in [-0.2, -0.15) is 0 Å². The van der Waals surface area contributed by atoms with Gasteiger partial charge in [0.15, 0.2) is 0 Å². The number of esters is 1. The molecule has 0 bridgehead atoms. The van der Waals surface area contributed by atoms with E-state index >= 15 is 0 Å². The molecule has 15 nitrogen and oxygen atoms in total. The average Bonchev–Trinajstić information content (AvgIpc) is 3.00. The minimum atomic E-state index is -0.436. The number of rotatable bonds is 34. The van der Waals surface area contributed by atoms with E-state index < -0.39 is 5.60 Å². The van der Waals surface area contributed by atoms with Crippen molar-refractivity contribution in [2.45, 2.75) is 46.6 Å². The Balaban J connectivity index is -0.000000824. The van der Waals surface area contributed by atoms with Crippen molar-refractivity contribution in [1.82, 2.24) is 0 Å². The topological polar surface area (TPSA) is 185 Å². The third-order valence-corrected chi connectivity index (χ3v) is 4.80. The summed E-state index contributed by atoms with van der Waals surface area (Å²) in [6.07, 6.45) is 1.00. The Morgan fingerprint density at radius 1 is 0.478 bits per heavy atom. The number of aliphatic hydroxyl groups excluding tert-OH is 2. The Morgan fingerprint density at radius 2 is 0.739 bits per heavy atom. The minimum absolute atomic E-state index is 0. The van der Waals surface area contributed by atoms with Crippen LogP contribution in [0.25, 0.3) is 0 Å². The summed E-state index contributed by atoms with van der Waals surface area (Å²) in [4.78, 5) is 11.5. The van der Waals surface area contributed by atoms with Crippen LogP contribution in [0.4, 0.5) is 0 Å². The molecule has 0 aliphatic rings. The molecule has 15 heteroatoms. The molecule has 0 unspecified atom stereocenters. The maximum atomic E-state index is 11.5. The van der Waals surface area contributed by atoms with Gasteiger partial charge in [0.25, 0.3) is 0 Å². The maximum Gasteiger partial charge on any atom is 0.306 e. The Labute approximate surface area is 277 Å². The highest BCUT2D eigenvalue weighted by Gasteiger charge is 2.15. The van der Waals surface area contributed by atoms with Crippen molar-refractivity contribution in [1.29, 1.82) is 0 Å². The molecular weight excluding hydrogens is 610 g/mol. The Bertz CT molecular complexity index is 554. The molecule has 0 saturated carbocycles. The van der Waals surface area contributed by atoms with Gasteiger partial charge in [0.1, 0.15) is 5.60 Å². The zero-order valence-electron chi connectivity index (χ0n) is 28.0. The molecular formula is C31H67NO14. The van der Waals surface area contributed by atoms with E-state index in [1.54, 1.807) is 0 Å². The smallest absolute Gasteiger partial charge is 0.306 e. The van der Waals surface area contributed by atoms with Gasteiger partial charge in [-0.15, -0.1) is 0 Å². The number of carbonyl (C=O) groups excluding carboxylic acids is 1. The minimum Gasteiger partial charge on any atom is -0.460 e. The highest BCUT2D eigenvalue weighted by Crippen LogP contribution is 2.09. The molecule has 0 saturated heterocycles. The van der Waals surface area contributed by atoms with Gasteiger partial charge in [-0.1, -0.05) is 7.43 Å². The maximum absolute atomic E-state index is 11.5. The van der Waals surface area contributed by atoms with Crippen LogP contribution in [0.5, 0.6) is 0 Å². The molecule has 280 valence electrons. The molecule has 0 aromatic rings. The summed E-state index contributed by atoms with van der Waals surface area (Å²) in [6.45, 7) is 16.2. The molecule has 0 rings (SSSR count). The first-order chi connectivity index (χ1) is 21.9. The van der Waals surface area contributed by atoms with Crippen molar-refractivity contribution in [3.63, 3.8) is 0 Å². The summed E-state index contributed by atoms with van der Waals surface area (Å²) >= 11 is 0. The number of hydrogen-bond donors (Lipinski definition) is 3. The van der Waals surface area contributed by atoms with E-state index in [2.05, 4.69) is 0 Å². The molecule has 4 N–H and O–H groups in total. The highest BCUT2D eigenvalue weighted by molar-refractivity contribution is 5.69. The predicted octanol–water partition coefficient (Wildman–Crippen LogP) is 0.840. The van der Waals surface area contributed by atoms with Crippen LogP contribution in [0.1, 0.15) is 41.0 Å². The second kappa shape index (κ2) is 42.0. The normalized spacial score (nSPS) is 11.2. The lowest BCUT2D eigenvalue weighted by atomic mass is 10.2. The number of carbonyl (C=O) groups is 1. The van der Waals surface area contributed by atoms with E-state index in [0.29, 0.717) is 152 Å². The van der Waals surface area contributed by atoms with Gasteiger partial charge in [0.05, 0.1) is 139 Å². The van der Waals surface area contributed by atoms with Crippen molar-refractivity contribution >= 4 is 5.97 Å². The Kier molecular flexibility index (Phi) is 45.0. The van der Waals surface area contributed by atoms with Crippen LogP contribution in [0, 0.1) is 0 Å². The molecule has 0 atom stereocenters. The zero-order valence-corrected chi connectivity index (χ0v) is 28.0. The van der Waals surface area contributed by atoms with Gasteiger partial charge >= 0.3 is 5.97 Å². The van der Waals surface area contributed by atoms with Crippen LogP contribution in [-0.4, -0.2) is 174 Å². The average molecular weight is 678 g/mol. The van der Waals surface area contributed by atoms with Gasteiger partial charge in [0.2, 0.25) is 0 Å². The van der Waals surface area contributed by atoms with E-state index in [-0.39, 0.29) is 26.6 Å². The molecule has 0 spiro atoms. The van der Waals surface area contributed by atoms with Crippen LogP contribution >= 0.6 is 0 Å². The van der Waals surface area contributed by atoms with E-state index in [0.717, 1.165) is 0 Å². The van der Waals surface area contributed by atoms with Crippen LogP contribution in [-0.2, 0) is 56.9 Å². The van der Waals surface area contributed by atoms with Gasteiger partial charge in [-0.3, -0.25) is 4.79 Å². The lowest BCUT2D eigenvalue weighted by Crippen LogP contribution is -2.23. The fourth-order valence-electron chi connectivity index (χ4n) is 2.89. The van der Waals surface area contributed by atoms with Crippen LogP contribution in [0.3, 0.4) is 0 Å². The third-order valence-electron chi connectivity index (χ3n) is 4.80. The first-order valence-electron chi connectivity index (χ1n) is 15.8. The molecule has 0 aliphatic heterocycles.